The monoisotopic (exact) mass is 763 g/mol. The average molecular weight is 764 g/mol. The van der Waals surface area contributed by atoms with Gasteiger partial charge >= 0.3 is 0 Å². The van der Waals surface area contributed by atoms with E-state index >= 15 is 0 Å². The Hall–Kier alpha value is -8.15. The molecule has 0 unspecified atom stereocenters. The van der Waals surface area contributed by atoms with Gasteiger partial charge in [0.15, 0.2) is 17.5 Å². The predicted octanol–water partition coefficient (Wildman–Crippen LogP) is 13.9. The van der Waals surface area contributed by atoms with Crippen LogP contribution in [0.15, 0.2) is 200 Å². The molecular weight excluding hydrogens is 731 g/mol. The van der Waals surface area contributed by atoms with Crippen LogP contribution in [0.1, 0.15) is 0 Å². The lowest BCUT2D eigenvalue weighted by Gasteiger charge is -2.15. The summed E-state index contributed by atoms with van der Waals surface area (Å²) < 4.78 is 0. The molecule has 0 aliphatic heterocycles. The zero-order chi connectivity index (χ0) is 39.6. The minimum atomic E-state index is 0.597. The maximum absolute atomic E-state index is 5.29. The quantitative estimate of drug-likeness (QED) is 0.163. The van der Waals surface area contributed by atoms with Crippen molar-refractivity contribution in [3.63, 3.8) is 0 Å². The number of hydrogen-bond acceptors (Lipinski definition) is 5. The summed E-state index contributed by atoms with van der Waals surface area (Å²) in [5.74, 6) is 1.81. The molecule has 12 aromatic rings. The molecule has 0 saturated carbocycles. The first kappa shape index (κ1) is 33.9. The molecule has 5 nitrogen and oxygen atoms in total. The van der Waals surface area contributed by atoms with Crippen LogP contribution in [0.3, 0.4) is 0 Å². The Kier molecular flexibility index (Phi) is 7.78. The smallest absolute Gasteiger partial charge is 0.164 e. The van der Waals surface area contributed by atoms with Gasteiger partial charge in [-0.2, -0.15) is 0 Å². The van der Waals surface area contributed by atoms with Gasteiger partial charge in [0.2, 0.25) is 0 Å². The summed E-state index contributed by atoms with van der Waals surface area (Å²) in [6.45, 7) is 0. The lowest BCUT2D eigenvalue weighted by molar-refractivity contribution is 1.07. The van der Waals surface area contributed by atoms with Crippen LogP contribution in [0.4, 0.5) is 0 Å². The third kappa shape index (κ3) is 5.91. The number of benzene rings is 10. The molecule has 0 aliphatic carbocycles. The molecule has 12 rings (SSSR count). The van der Waals surface area contributed by atoms with E-state index < -0.39 is 0 Å². The van der Waals surface area contributed by atoms with Gasteiger partial charge in [0.05, 0.1) is 11.0 Å². The van der Waals surface area contributed by atoms with E-state index in [4.69, 9.17) is 15.0 Å². The Labute approximate surface area is 345 Å². The molecule has 2 heterocycles. The molecule has 5 heteroatoms. The Morgan fingerprint density at radius 1 is 0.250 bits per heavy atom. The van der Waals surface area contributed by atoms with Crippen molar-refractivity contribution < 1.29 is 0 Å². The second kappa shape index (κ2) is 13.8. The highest BCUT2D eigenvalue weighted by molar-refractivity contribution is 6.08. The van der Waals surface area contributed by atoms with Crippen molar-refractivity contribution in [3.8, 4) is 56.4 Å². The maximum Gasteiger partial charge on any atom is 0.164 e. The van der Waals surface area contributed by atoms with Crippen LogP contribution in [0.2, 0.25) is 0 Å². The highest BCUT2D eigenvalue weighted by Crippen LogP contribution is 2.40. The van der Waals surface area contributed by atoms with Crippen molar-refractivity contribution in [2.24, 2.45) is 0 Å². The fraction of sp³-hybridized carbons (Fsp3) is 0. The minimum Gasteiger partial charge on any atom is -0.253 e. The Bertz CT molecular complexity index is 3540. The third-order valence-corrected chi connectivity index (χ3v) is 11.7. The second-order valence-electron chi connectivity index (χ2n) is 15.4. The molecule has 0 amide bonds. The predicted molar refractivity (Wildman–Crippen MR) is 248 cm³/mol. The van der Waals surface area contributed by atoms with Gasteiger partial charge in [-0.1, -0.05) is 127 Å². The van der Waals surface area contributed by atoms with Gasteiger partial charge in [0, 0.05) is 29.1 Å². The number of rotatable bonds is 5. The molecule has 0 saturated heterocycles. The van der Waals surface area contributed by atoms with E-state index in [1.54, 1.807) is 12.4 Å². The molecule has 0 radical (unpaired) electrons. The van der Waals surface area contributed by atoms with Crippen LogP contribution >= 0.6 is 0 Å². The zero-order valence-electron chi connectivity index (χ0n) is 32.3. The lowest BCUT2D eigenvalue weighted by atomic mass is 9.90. The van der Waals surface area contributed by atoms with Gasteiger partial charge in [0.25, 0.3) is 0 Å². The number of fused-ring (bicyclic) bond motifs is 6. The summed E-state index contributed by atoms with van der Waals surface area (Å²) in [5.41, 5.74) is 8.89. The van der Waals surface area contributed by atoms with Gasteiger partial charge in [-0.05, 0) is 137 Å². The number of nitrogens with zero attached hydrogens (tertiary/aromatic N) is 5. The average Bonchev–Trinajstić information content (AvgIpc) is 3.31. The topological polar surface area (TPSA) is 64.5 Å². The van der Waals surface area contributed by atoms with E-state index in [0.29, 0.717) is 17.5 Å². The van der Waals surface area contributed by atoms with Gasteiger partial charge < -0.3 is 0 Å². The van der Waals surface area contributed by atoms with Crippen LogP contribution in [0, 0.1) is 0 Å². The molecule has 278 valence electrons. The zero-order valence-corrected chi connectivity index (χ0v) is 32.3. The SMILES string of the molecule is c1ccc(-c2nc(-c3cc(-c4cccc5cc6ccccc6cc45)cc(-c4cccc5cc6ccccc6cc45)c3)nc(-c3ccc4cc5nccnc5cc4c3)n2)cc1. The molecule has 0 aliphatic rings. The van der Waals surface area contributed by atoms with Crippen LogP contribution in [0.5, 0.6) is 0 Å². The first-order valence-electron chi connectivity index (χ1n) is 20.1. The van der Waals surface area contributed by atoms with Crippen molar-refractivity contribution in [2.45, 2.75) is 0 Å². The summed E-state index contributed by atoms with van der Waals surface area (Å²) in [6.07, 6.45) is 3.45. The van der Waals surface area contributed by atoms with Crippen molar-refractivity contribution in [1.29, 1.82) is 0 Å². The molecule has 0 fully saturated rings. The van der Waals surface area contributed by atoms with E-state index in [1.165, 1.54) is 43.1 Å². The Morgan fingerprint density at radius 2 is 0.700 bits per heavy atom. The molecule has 0 atom stereocenters. The molecular formula is C55H33N5. The molecule has 0 N–H and O–H groups in total. The highest BCUT2D eigenvalue weighted by atomic mass is 15.0. The van der Waals surface area contributed by atoms with Gasteiger partial charge in [0.1, 0.15) is 0 Å². The van der Waals surface area contributed by atoms with E-state index in [-0.39, 0.29) is 0 Å². The normalized spacial score (nSPS) is 11.7. The van der Waals surface area contributed by atoms with Gasteiger partial charge in [-0.25, -0.2) is 15.0 Å². The molecule has 0 spiro atoms. The molecule has 60 heavy (non-hydrogen) atoms. The number of aromatic nitrogens is 5. The van der Waals surface area contributed by atoms with Gasteiger partial charge in [-0.15, -0.1) is 0 Å². The van der Waals surface area contributed by atoms with Crippen LogP contribution in [-0.2, 0) is 0 Å². The molecule has 2 aromatic heterocycles. The van der Waals surface area contributed by atoms with Crippen LogP contribution in [-0.4, -0.2) is 24.9 Å². The fourth-order valence-electron chi connectivity index (χ4n) is 8.70. The van der Waals surface area contributed by atoms with E-state index in [9.17, 15) is 0 Å². The summed E-state index contributed by atoms with van der Waals surface area (Å²) in [5, 5.41) is 11.8. The maximum atomic E-state index is 5.29. The van der Waals surface area contributed by atoms with Crippen molar-refractivity contribution in [2.75, 3.05) is 0 Å². The number of hydrogen-bond donors (Lipinski definition) is 0. The van der Waals surface area contributed by atoms with Crippen LogP contribution in [0.25, 0.3) is 121 Å². The lowest BCUT2D eigenvalue weighted by Crippen LogP contribution is -2.01. The summed E-state index contributed by atoms with van der Waals surface area (Å²) in [4.78, 5) is 24.7. The second-order valence-corrected chi connectivity index (χ2v) is 15.4. The van der Waals surface area contributed by atoms with Crippen molar-refractivity contribution in [1.82, 2.24) is 24.9 Å². The highest BCUT2D eigenvalue weighted by Gasteiger charge is 2.17. The Balaban J connectivity index is 1.11. The van der Waals surface area contributed by atoms with E-state index in [0.717, 1.165) is 60.8 Å². The van der Waals surface area contributed by atoms with Crippen LogP contribution < -0.4 is 0 Å². The fourth-order valence-corrected chi connectivity index (χ4v) is 8.70. The van der Waals surface area contributed by atoms with E-state index in [2.05, 4.69) is 180 Å². The molecule has 0 bridgehead atoms. The van der Waals surface area contributed by atoms with E-state index in [1.807, 2.05) is 18.2 Å². The largest absolute Gasteiger partial charge is 0.253 e. The third-order valence-electron chi connectivity index (χ3n) is 11.7. The minimum absolute atomic E-state index is 0.597. The summed E-state index contributed by atoms with van der Waals surface area (Å²) in [6, 6.07) is 67.0. The first-order chi connectivity index (χ1) is 29.7. The first-order valence-corrected chi connectivity index (χ1v) is 20.1. The summed E-state index contributed by atoms with van der Waals surface area (Å²) >= 11 is 0. The molecule has 10 aromatic carbocycles. The van der Waals surface area contributed by atoms with Gasteiger partial charge in [-0.3, -0.25) is 9.97 Å². The Morgan fingerprint density at radius 3 is 1.28 bits per heavy atom. The van der Waals surface area contributed by atoms with Crippen molar-refractivity contribution in [3.05, 3.63) is 200 Å². The standard InChI is InChI=1S/C55H33N5/c1-2-10-34(11-3-1)53-58-54(42-21-20-39-32-51-52(33-43(39)26-42)57-23-22-56-51)60-55(59-53)46-28-44(47-18-8-16-40-24-35-12-4-6-14-37(35)30-49(40)47)27-45(29-46)48-19-9-17-41-25-36-13-5-7-15-38(36)31-50(41)48/h1-33H. The summed E-state index contributed by atoms with van der Waals surface area (Å²) in [7, 11) is 0. The van der Waals surface area contributed by atoms with Crippen molar-refractivity contribution >= 4 is 64.9 Å².